The Morgan fingerprint density at radius 3 is 2.58 bits per heavy atom. The lowest BCUT2D eigenvalue weighted by Gasteiger charge is -2.26. The quantitative estimate of drug-likeness (QED) is 0.830. The Bertz CT molecular complexity index is 740. The van der Waals surface area contributed by atoms with Crippen LogP contribution in [0.3, 0.4) is 0 Å². The van der Waals surface area contributed by atoms with Crippen LogP contribution in [0.4, 0.5) is 0 Å². The van der Waals surface area contributed by atoms with Gasteiger partial charge in [0, 0.05) is 25.2 Å². The number of benzene rings is 1. The molecule has 2 saturated heterocycles. The van der Waals surface area contributed by atoms with E-state index in [-0.39, 0.29) is 11.9 Å². The van der Waals surface area contributed by atoms with Crippen molar-refractivity contribution in [1.29, 1.82) is 0 Å². The number of pyridine rings is 1. The van der Waals surface area contributed by atoms with E-state index < -0.39 is 0 Å². The summed E-state index contributed by atoms with van der Waals surface area (Å²) in [5, 5.41) is 0. The van der Waals surface area contributed by atoms with Crippen LogP contribution in [0.25, 0.3) is 0 Å². The minimum absolute atomic E-state index is 0.275. The fourth-order valence-corrected chi connectivity index (χ4v) is 4.18. The van der Waals surface area contributed by atoms with Crippen LogP contribution in [0.2, 0.25) is 0 Å². The standard InChI is InChI=1S/C22H27N3O/c26-22(24-13-4-5-14-24)17-25-15-7-12-21(25)20-11-6-10-19(23-20)16-18-8-2-1-3-9-18/h1-3,6,8-11,21H,4-5,7,12-17H2/t21-/m0/s1. The number of rotatable bonds is 5. The first-order chi connectivity index (χ1) is 12.8. The van der Waals surface area contributed by atoms with Gasteiger partial charge in [-0.1, -0.05) is 36.4 Å². The first kappa shape index (κ1) is 17.2. The number of carbonyl (C=O) groups excluding carboxylic acids is 1. The maximum atomic E-state index is 12.6. The van der Waals surface area contributed by atoms with Crippen molar-refractivity contribution in [3.05, 3.63) is 65.5 Å². The highest BCUT2D eigenvalue weighted by Crippen LogP contribution is 2.31. The largest absolute Gasteiger partial charge is 0.342 e. The predicted molar refractivity (Wildman–Crippen MR) is 103 cm³/mol. The molecular formula is C22H27N3O. The van der Waals surface area contributed by atoms with Crippen molar-refractivity contribution >= 4 is 5.91 Å². The monoisotopic (exact) mass is 349 g/mol. The van der Waals surface area contributed by atoms with Gasteiger partial charge in [-0.15, -0.1) is 0 Å². The van der Waals surface area contributed by atoms with Gasteiger partial charge in [0.25, 0.3) is 0 Å². The first-order valence-electron chi connectivity index (χ1n) is 9.81. The van der Waals surface area contributed by atoms with Crippen LogP contribution in [0, 0.1) is 0 Å². The summed E-state index contributed by atoms with van der Waals surface area (Å²) in [5.41, 5.74) is 3.50. The molecule has 2 aromatic rings. The molecule has 0 spiro atoms. The van der Waals surface area contributed by atoms with Crippen molar-refractivity contribution in [1.82, 2.24) is 14.8 Å². The zero-order chi connectivity index (χ0) is 17.8. The third kappa shape index (κ3) is 3.96. The normalized spacial score (nSPS) is 20.6. The van der Waals surface area contributed by atoms with E-state index in [1.54, 1.807) is 0 Å². The fourth-order valence-electron chi connectivity index (χ4n) is 4.18. The summed E-state index contributed by atoms with van der Waals surface area (Å²) in [5.74, 6) is 0.287. The molecule has 0 saturated carbocycles. The topological polar surface area (TPSA) is 36.4 Å². The van der Waals surface area contributed by atoms with Crippen molar-refractivity contribution < 1.29 is 4.79 Å². The number of amides is 1. The minimum atomic E-state index is 0.275. The van der Waals surface area contributed by atoms with E-state index >= 15 is 0 Å². The van der Waals surface area contributed by atoms with Gasteiger partial charge in [-0.3, -0.25) is 14.7 Å². The maximum absolute atomic E-state index is 12.6. The van der Waals surface area contributed by atoms with Crippen molar-refractivity contribution in [3.63, 3.8) is 0 Å². The van der Waals surface area contributed by atoms with Gasteiger partial charge in [0.05, 0.1) is 18.3 Å². The number of aromatic nitrogens is 1. The lowest BCUT2D eigenvalue weighted by atomic mass is 10.1. The number of carbonyl (C=O) groups is 1. The molecule has 2 aliphatic heterocycles. The van der Waals surface area contributed by atoms with Crippen molar-refractivity contribution in [2.45, 2.75) is 38.1 Å². The second-order valence-corrected chi connectivity index (χ2v) is 7.43. The Morgan fingerprint density at radius 2 is 1.77 bits per heavy atom. The van der Waals surface area contributed by atoms with Crippen LogP contribution in [0.15, 0.2) is 48.5 Å². The molecule has 4 rings (SSSR count). The predicted octanol–water partition coefficient (Wildman–Crippen LogP) is 3.43. The molecule has 0 radical (unpaired) electrons. The Hall–Kier alpha value is -2.20. The molecule has 1 aromatic heterocycles. The maximum Gasteiger partial charge on any atom is 0.236 e. The molecule has 1 aromatic carbocycles. The van der Waals surface area contributed by atoms with Gasteiger partial charge in [-0.2, -0.15) is 0 Å². The van der Waals surface area contributed by atoms with E-state index in [9.17, 15) is 4.79 Å². The summed E-state index contributed by atoms with van der Waals surface area (Å²) in [6.07, 6.45) is 5.39. The summed E-state index contributed by atoms with van der Waals surface area (Å²) in [4.78, 5) is 21.8. The van der Waals surface area contributed by atoms with E-state index in [1.807, 2.05) is 11.0 Å². The molecule has 4 nitrogen and oxygen atoms in total. The molecule has 3 heterocycles. The molecule has 0 N–H and O–H groups in total. The van der Waals surface area contributed by atoms with Crippen LogP contribution in [-0.4, -0.2) is 46.9 Å². The molecule has 0 bridgehead atoms. The smallest absolute Gasteiger partial charge is 0.236 e. The molecule has 0 unspecified atom stereocenters. The van der Waals surface area contributed by atoms with Crippen LogP contribution < -0.4 is 0 Å². The zero-order valence-electron chi connectivity index (χ0n) is 15.3. The van der Waals surface area contributed by atoms with Crippen molar-refractivity contribution in [2.75, 3.05) is 26.2 Å². The number of hydrogen-bond donors (Lipinski definition) is 0. The molecular weight excluding hydrogens is 322 g/mol. The number of nitrogens with zero attached hydrogens (tertiary/aromatic N) is 3. The van der Waals surface area contributed by atoms with E-state index in [1.165, 1.54) is 5.56 Å². The second-order valence-electron chi connectivity index (χ2n) is 7.43. The van der Waals surface area contributed by atoms with Crippen LogP contribution in [0.1, 0.15) is 48.7 Å². The Labute approximate surface area is 155 Å². The molecule has 2 fully saturated rings. The Balaban J connectivity index is 1.45. The van der Waals surface area contributed by atoms with Crippen LogP contribution in [0.5, 0.6) is 0 Å². The van der Waals surface area contributed by atoms with E-state index in [4.69, 9.17) is 4.98 Å². The average molecular weight is 349 g/mol. The van der Waals surface area contributed by atoms with Crippen LogP contribution in [-0.2, 0) is 11.2 Å². The molecule has 26 heavy (non-hydrogen) atoms. The zero-order valence-corrected chi connectivity index (χ0v) is 15.3. The third-order valence-electron chi connectivity index (χ3n) is 5.56. The highest BCUT2D eigenvalue weighted by molar-refractivity contribution is 5.78. The Morgan fingerprint density at radius 1 is 0.962 bits per heavy atom. The average Bonchev–Trinajstić information content (AvgIpc) is 3.35. The molecule has 136 valence electrons. The van der Waals surface area contributed by atoms with Gasteiger partial charge >= 0.3 is 0 Å². The molecule has 1 atom stereocenters. The summed E-state index contributed by atoms with van der Waals surface area (Å²) in [6, 6.07) is 17.1. The number of likely N-dealkylation sites (tertiary alicyclic amines) is 2. The van der Waals surface area contributed by atoms with E-state index in [0.717, 1.165) is 63.1 Å². The molecule has 4 heteroatoms. The summed E-state index contributed by atoms with van der Waals surface area (Å²) in [6.45, 7) is 3.40. The van der Waals surface area contributed by atoms with Crippen LogP contribution >= 0.6 is 0 Å². The van der Waals surface area contributed by atoms with Gasteiger partial charge in [-0.05, 0) is 49.9 Å². The summed E-state index contributed by atoms with van der Waals surface area (Å²) >= 11 is 0. The van der Waals surface area contributed by atoms with Gasteiger partial charge in [0.15, 0.2) is 0 Å². The fraction of sp³-hybridized carbons (Fsp3) is 0.455. The number of hydrogen-bond acceptors (Lipinski definition) is 3. The van der Waals surface area contributed by atoms with Crippen molar-refractivity contribution in [3.8, 4) is 0 Å². The summed E-state index contributed by atoms with van der Waals surface area (Å²) in [7, 11) is 0. The second kappa shape index (κ2) is 8.00. The summed E-state index contributed by atoms with van der Waals surface area (Å²) < 4.78 is 0. The van der Waals surface area contributed by atoms with E-state index in [0.29, 0.717) is 6.54 Å². The SMILES string of the molecule is O=C(CN1CCC[C@H]1c1cccc(Cc2ccccc2)n1)N1CCCC1. The first-order valence-corrected chi connectivity index (χ1v) is 9.81. The molecule has 0 aliphatic carbocycles. The van der Waals surface area contributed by atoms with Gasteiger partial charge in [0.2, 0.25) is 5.91 Å². The molecule has 2 aliphatic rings. The lowest BCUT2D eigenvalue weighted by molar-refractivity contribution is -0.131. The lowest BCUT2D eigenvalue weighted by Crippen LogP contribution is -2.38. The van der Waals surface area contributed by atoms with Gasteiger partial charge < -0.3 is 4.90 Å². The van der Waals surface area contributed by atoms with E-state index in [2.05, 4.69) is 47.4 Å². The minimum Gasteiger partial charge on any atom is -0.342 e. The van der Waals surface area contributed by atoms with Crippen molar-refractivity contribution in [2.24, 2.45) is 0 Å². The Kier molecular flexibility index (Phi) is 5.30. The third-order valence-corrected chi connectivity index (χ3v) is 5.56. The molecule has 1 amide bonds. The highest BCUT2D eigenvalue weighted by Gasteiger charge is 2.30. The van der Waals surface area contributed by atoms with Gasteiger partial charge in [0.1, 0.15) is 0 Å². The van der Waals surface area contributed by atoms with Gasteiger partial charge in [-0.25, -0.2) is 0 Å². The highest BCUT2D eigenvalue weighted by atomic mass is 16.2.